The van der Waals surface area contributed by atoms with Crippen molar-refractivity contribution in [2.75, 3.05) is 20.1 Å². The van der Waals surface area contributed by atoms with E-state index >= 15 is 0 Å². The smallest absolute Gasteiger partial charge is 0.234 e. The van der Waals surface area contributed by atoms with Crippen LogP contribution in [0.15, 0.2) is 0 Å². The van der Waals surface area contributed by atoms with Gasteiger partial charge in [0.1, 0.15) is 0 Å². The summed E-state index contributed by atoms with van der Waals surface area (Å²) in [6.45, 7) is 6.11. The van der Waals surface area contributed by atoms with E-state index in [0.29, 0.717) is 12.0 Å². The summed E-state index contributed by atoms with van der Waals surface area (Å²) in [4.78, 5) is 13.5. The van der Waals surface area contributed by atoms with Crippen LogP contribution in [-0.2, 0) is 4.79 Å². The van der Waals surface area contributed by atoms with E-state index in [4.69, 9.17) is 0 Å². The van der Waals surface area contributed by atoms with Crippen LogP contribution < -0.4 is 5.32 Å². The molecule has 15 heavy (non-hydrogen) atoms. The Hall–Kier alpha value is -0.570. The number of hydrogen-bond donors (Lipinski definition) is 1. The van der Waals surface area contributed by atoms with Gasteiger partial charge < -0.3 is 5.32 Å². The number of nitrogens with one attached hydrogen (secondary N) is 1. The van der Waals surface area contributed by atoms with Gasteiger partial charge >= 0.3 is 0 Å². The highest BCUT2D eigenvalue weighted by Crippen LogP contribution is 2.42. The molecule has 2 fully saturated rings. The van der Waals surface area contributed by atoms with Crippen molar-refractivity contribution in [3.8, 4) is 0 Å². The van der Waals surface area contributed by atoms with Crippen LogP contribution in [0.1, 0.15) is 39.5 Å². The summed E-state index contributed by atoms with van der Waals surface area (Å²) in [5.41, 5.74) is 0.747. The molecule has 3 heteroatoms. The SMILES string of the molecule is CN1CC(=O)NCC12CCC(C)(C)CC2. The van der Waals surface area contributed by atoms with Crippen LogP contribution in [0.25, 0.3) is 0 Å². The van der Waals surface area contributed by atoms with Gasteiger partial charge in [0.05, 0.1) is 6.54 Å². The zero-order chi connectivity index (χ0) is 11.1. The first kappa shape index (κ1) is 10.9. The molecular weight excluding hydrogens is 188 g/mol. The molecular formula is C12H22N2O. The normalized spacial score (nSPS) is 30.2. The Kier molecular flexibility index (Phi) is 2.53. The molecule has 86 valence electrons. The number of hydrogen-bond acceptors (Lipinski definition) is 2. The molecule has 1 amide bonds. The molecule has 1 aliphatic carbocycles. The third-order valence-corrected chi connectivity index (χ3v) is 4.34. The summed E-state index contributed by atoms with van der Waals surface area (Å²) in [7, 11) is 2.09. The molecule has 1 saturated heterocycles. The molecule has 3 nitrogen and oxygen atoms in total. The highest BCUT2D eigenvalue weighted by Gasteiger charge is 2.43. The van der Waals surface area contributed by atoms with Gasteiger partial charge in [0.15, 0.2) is 0 Å². The average molecular weight is 210 g/mol. The second-order valence-corrected chi connectivity index (χ2v) is 6.02. The van der Waals surface area contributed by atoms with Crippen molar-refractivity contribution in [3.63, 3.8) is 0 Å². The Morgan fingerprint density at radius 2 is 1.80 bits per heavy atom. The van der Waals surface area contributed by atoms with E-state index in [1.54, 1.807) is 0 Å². The number of likely N-dealkylation sites (N-methyl/N-ethyl adjacent to an activating group) is 1. The largest absolute Gasteiger partial charge is 0.353 e. The lowest BCUT2D eigenvalue weighted by molar-refractivity contribution is -0.129. The maximum atomic E-state index is 11.3. The Morgan fingerprint density at radius 3 is 2.33 bits per heavy atom. The summed E-state index contributed by atoms with van der Waals surface area (Å²) >= 11 is 0. The van der Waals surface area contributed by atoms with Crippen LogP contribution in [0.2, 0.25) is 0 Å². The van der Waals surface area contributed by atoms with Gasteiger partial charge in [-0.05, 0) is 38.1 Å². The molecule has 0 atom stereocenters. The fraction of sp³-hybridized carbons (Fsp3) is 0.917. The highest BCUT2D eigenvalue weighted by molar-refractivity contribution is 5.79. The number of nitrogens with zero attached hydrogens (tertiary/aromatic N) is 1. The molecule has 1 aliphatic heterocycles. The maximum absolute atomic E-state index is 11.3. The molecule has 0 bridgehead atoms. The highest BCUT2D eigenvalue weighted by atomic mass is 16.2. The molecule has 2 rings (SSSR count). The number of carbonyl (C=O) groups excluding carboxylic acids is 1. The number of rotatable bonds is 0. The summed E-state index contributed by atoms with van der Waals surface area (Å²) < 4.78 is 0. The second-order valence-electron chi connectivity index (χ2n) is 6.02. The van der Waals surface area contributed by atoms with Gasteiger partial charge in [-0.15, -0.1) is 0 Å². The molecule has 1 heterocycles. The zero-order valence-corrected chi connectivity index (χ0v) is 10.1. The fourth-order valence-electron chi connectivity index (χ4n) is 2.79. The first-order valence-electron chi connectivity index (χ1n) is 5.92. The molecule has 1 saturated carbocycles. The van der Waals surface area contributed by atoms with Gasteiger partial charge in [0.2, 0.25) is 5.91 Å². The van der Waals surface area contributed by atoms with Crippen molar-refractivity contribution in [1.29, 1.82) is 0 Å². The van der Waals surface area contributed by atoms with Gasteiger partial charge in [-0.1, -0.05) is 13.8 Å². The van der Waals surface area contributed by atoms with Crippen molar-refractivity contribution in [2.24, 2.45) is 5.41 Å². The van der Waals surface area contributed by atoms with Crippen molar-refractivity contribution in [3.05, 3.63) is 0 Å². The summed E-state index contributed by atoms with van der Waals surface area (Å²) in [6, 6.07) is 0. The Balaban J connectivity index is 2.06. The van der Waals surface area contributed by atoms with E-state index in [1.807, 2.05) is 0 Å². The zero-order valence-electron chi connectivity index (χ0n) is 10.1. The van der Waals surface area contributed by atoms with Gasteiger partial charge in [-0.2, -0.15) is 0 Å². The standard InChI is InChI=1S/C12H22N2O/c1-11(2)4-6-12(7-5-11)9-13-10(15)8-14(12)3/h4-9H2,1-3H3,(H,13,15). The summed E-state index contributed by atoms with van der Waals surface area (Å²) in [5.74, 6) is 0.174. The molecule has 1 spiro atoms. The molecule has 1 N–H and O–H groups in total. The maximum Gasteiger partial charge on any atom is 0.234 e. The molecule has 0 aromatic heterocycles. The van der Waals surface area contributed by atoms with Crippen molar-refractivity contribution in [1.82, 2.24) is 10.2 Å². The molecule has 0 unspecified atom stereocenters. The van der Waals surface area contributed by atoms with Crippen molar-refractivity contribution in [2.45, 2.75) is 45.1 Å². The molecule has 2 aliphatic rings. The first-order valence-corrected chi connectivity index (χ1v) is 5.92. The Labute approximate surface area is 92.2 Å². The van der Waals surface area contributed by atoms with Gasteiger partial charge in [0.25, 0.3) is 0 Å². The predicted octanol–water partition coefficient (Wildman–Crippen LogP) is 1.39. The number of amides is 1. The minimum atomic E-state index is 0.174. The lowest BCUT2D eigenvalue weighted by Gasteiger charge is -2.50. The first-order chi connectivity index (χ1) is 6.94. The average Bonchev–Trinajstić information content (AvgIpc) is 2.16. The second kappa shape index (κ2) is 3.48. The van der Waals surface area contributed by atoms with Crippen molar-refractivity contribution >= 4 is 5.91 Å². The lowest BCUT2D eigenvalue weighted by Crippen LogP contribution is -2.63. The predicted molar refractivity (Wildman–Crippen MR) is 60.6 cm³/mol. The van der Waals surface area contributed by atoms with Crippen LogP contribution in [0, 0.1) is 5.41 Å². The van der Waals surface area contributed by atoms with E-state index in [1.165, 1.54) is 25.7 Å². The van der Waals surface area contributed by atoms with E-state index in [2.05, 4.69) is 31.1 Å². The van der Waals surface area contributed by atoms with Gasteiger partial charge in [-0.25, -0.2) is 0 Å². The van der Waals surface area contributed by atoms with Crippen LogP contribution in [-0.4, -0.2) is 36.5 Å². The fourth-order valence-corrected chi connectivity index (χ4v) is 2.79. The van der Waals surface area contributed by atoms with Crippen LogP contribution in [0.3, 0.4) is 0 Å². The topological polar surface area (TPSA) is 32.3 Å². The molecule has 0 radical (unpaired) electrons. The molecule has 0 aromatic carbocycles. The lowest BCUT2D eigenvalue weighted by atomic mass is 9.68. The van der Waals surface area contributed by atoms with Crippen LogP contribution in [0.4, 0.5) is 0 Å². The van der Waals surface area contributed by atoms with Gasteiger partial charge in [0, 0.05) is 12.1 Å². The third-order valence-electron chi connectivity index (χ3n) is 4.34. The minimum Gasteiger partial charge on any atom is -0.353 e. The Morgan fingerprint density at radius 1 is 1.20 bits per heavy atom. The number of piperazine rings is 1. The summed E-state index contributed by atoms with van der Waals surface area (Å²) in [5, 5.41) is 3.02. The van der Waals surface area contributed by atoms with E-state index in [0.717, 1.165) is 6.54 Å². The Bertz CT molecular complexity index is 263. The molecule has 0 aromatic rings. The number of carbonyl (C=O) groups is 1. The third kappa shape index (κ3) is 2.03. The van der Waals surface area contributed by atoms with Crippen LogP contribution >= 0.6 is 0 Å². The van der Waals surface area contributed by atoms with E-state index in [9.17, 15) is 4.79 Å². The van der Waals surface area contributed by atoms with E-state index in [-0.39, 0.29) is 11.4 Å². The van der Waals surface area contributed by atoms with Gasteiger partial charge in [-0.3, -0.25) is 9.69 Å². The van der Waals surface area contributed by atoms with Crippen molar-refractivity contribution < 1.29 is 4.79 Å². The summed E-state index contributed by atoms with van der Waals surface area (Å²) in [6.07, 6.45) is 4.98. The minimum absolute atomic E-state index is 0.174. The quantitative estimate of drug-likeness (QED) is 0.655. The monoisotopic (exact) mass is 210 g/mol. The van der Waals surface area contributed by atoms with E-state index < -0.39 is 0 Å². The van der Waals surface area contributed by atoms with Crippen LogP contribution in [0.5, 0.6) is 0 Å².